The molecule has 0 spiro atoms. The lowest BCUT2D eigenvalue weighted by atomic mass is 10.2. The molecule has 2 N–H and O–H groups in total. The number of hydrogen-bond acceptors (Lipinski definition) is 3. The van der Waals surface area contributed by atoms with E-state index in [-0.39, 0.29) is 24.0 Å². The van der Waals surface area contributed by atoms with Crippen LogP contribution >= 0.6 is 35.7 Å². The summed E-state index contributed by atoms with van der Waals surface area (Å²) in [4.78, 5) is 4.16. The highest BCUT2D eigenvalue weighted by molar-refractivity contribution is 14.0. The van der Waals surface area contributed by atoms with Gasteiger partial charge in [-0.05, 0) is 18.2 Å². The fourth-order valence-electron chi connectivity index (χ4n) is 1.42. The Bertz CT molecular complexity index is 353. The van der Waals surface area contributed by atoms with Gasteiger partial charge in [-0.3, -0.25) is 9.67 Å². The van der Waals surface area contributed by atoms with Crippen molar-refractivity contribution >= 4 is 41.7 Å². The van der Waals surface area contributed by atoms with Gasteiger partial charge in [0.2, 0.25) is 0 Å². The first-order valence-corrected chi connectivity index (χ1v) is 7.06. The molecule has 0 unspecified atom stereocenters. The molecule has 0 bridgehead atoms. The summed E-state index contributed by atoms with van der Waals surface area (Å²) in [6, 6.07) is 0. The van der Waals surface area contributed by atoms with Crippen LogP contribution in [0.15, 0.2) is 17.4 Å². The molecule has 1 aromatic heterocycles. The highest BCUT2D eigenvalue weighted by Gasteiger charge is 1.98. The highest BCUT2D eigenvalue weighted by atomic mass is 127. The average molecular weight is 383 g/mol. The lowest BCUT2D eigenvalue weighted by Gasteiger charge is -2.10. The maximum atomic E-state index is 4.16. The van der Waals surface area contributed by atoms with Gasteiger partial charge in [0.15, 0.2) is 5.96 Å². The van der Waals surface area contributed by atoms with Crippen molar-refractivity contribution in [2.45, 2.75) is 6.42 Å². The molecule has 0 saturated carbocycles. The molecule has 18 heavy (non-hydrogen) atoms. The summed E-state index contributed by atoms with van der Waals surface area (Å²) in [5.74, 6) is 1.95. The second-order valence-corrected chi connectivity index (χ2v) is 4.68. The van der Waals surface area contributed by atoms with Crippen LogP contribution in [-0.2, 0) is 13.5 Å². The Labute approximate surface area is 130 Å². The van der Waals surface area contributed by atoms with Crippen molar-refractivity contribution < 1.29 is 0 Å². The molecule has 104 valence electrons. The van der Waals surface area contributed by atoms with E-state index in [1.165, 1.54) is 5.56 Å². The van der Waals surface area contributed by atoms with Crippen molar-refractivity contribution in [1.29, 1.82) is 0 Å². The summed E-state index contributed by atoms with van der Waals surface area (Å²) in [6.07, 6.45) is 6.98. The van der Waals surface area contributed by atoms with Crippen LogP contribution in [0, 0.1) is 0 Å². The van der Waals surface area contributed by atoms with E-state index in [1.807, 2.05) is 35.9 Å². The largest absolute Gasteiger partial charge is 0.356 e. The van der Waals surface area contributed by atoms with Crippen LogP contribution < -0.4 is 10.6 Å². The number of nitrogens with zero attached hydrogens (tertiary/aromatic N) is 3. The Morgan fingerprint density at radius 2 is 2.17 bits per heavy atom. The van der Waals surface area contributed by atoms with Crippen molar-refractivity contribution in [3.8, 4) is 0 Å². The number of guanidine groups is 1. The molecule has 5 nitrogen and oxygen atoms in total. The zero-order valence-corrected chi connectivity index (χ0v) is 14.3. The minimum Gasteiger partial charge on any atom is -0.356 e. The minimum atomic E-state index is 0. The number of thioether (sulfide) groups is 1. The van der Waals surface area contributed by atoms with Crippen molar-refractivity contribution in [2.75, 3.05) is 32.1 Å². The van der Waals surface area contributed by atoms with Crippen LogP contribution in [0.4, 0.5) is 0 Å². The molecule has 0 aliphatic carbocycles. The van der Waals surface area contributed by atoms with Crippen LogP contribution in [0.1, 0.15) is 5.56 Å². The summed E-state index contributed by atoms with van der Waals surface area (Å²) in [7, 11) is 3.72. The van der Waals surface area contributed by atoms with Crippen LogP contribution in [0.3, 0.4) is 0 Å². The first-order chi connectivity index (χ1) is 8.26. The van der Waals surface area contributed by atoms with E-state index >= 15 is 0 Å². The number of rotatable bonds is 6. The molecular weight excluding hydrogens is 361 g/mol. The van der Waals surface area contributed by atoms with Gasteiger partial charge < -0.3 is 10.6 Å². The first kappa shape index (κ1) is 17.6. The molecule has 0 amide bonds. The van der Waals surface area contributed by atoms with Gasteiger partial charge in [-0.25, -0.2) is 0 Å². The predicted octanol–water partition coefficient (Wildman–Crippen LogP) is 1.11. The Morgan fingerprint density at radius 1 is 1.44 bits per heavy atom. The third-order valence-corrected chi connectivity index (χ3v) is 2.90. The maximum Gasteiger partial charge on any atom is 0.191 e. The van der Waals surface area contributed by atoms with E-state index in [9.17, 15) is 0 Å². The summed E-state index contributed by atoms with van der Waals surface area (Å²) in [6.45, 7) is 1.80. The Morgan fingerprint density at radius 3 is 2.72 bits per heavy atom. The Balaban J connectivity index is 0.00000289. The van der Waals surface area contributed by atoms with E-state index in [2.05, 4.69) is 27.0 Å². The maximum absolute atomic E-state index is 4.16. The summed E-state index contributed by atoms with van der Waals surface area (Å²) in [5, 5.41) is 10.7. The van der Waals surface area contributed by atoms with Crippen molar-refractivity contribution in [3.63, 3.8) is 0 Å². The average Bonchev–Trinajstić information content (AvgIpc) is 2.73. The van der Waals surface area contributed by atoms with Crippen molar-refractivity contribution in [1.82, 2.24) is 20.4 Å². The van der Waals surface area contributed by atoms with Crippen LogP contribution in [0.5, 0.6) is 0 Å². The zero-order valence-electron chi connectivity index (χ0n) is 11.1. The van der Waals surface area contributed by atoms with Crippen molar-refractivity contribution in [2.24, 2.45) is 12.0 Å². The fraction of sp³-hybridized carbons (Fsp3) is 0.636. The number of aromatic nitrogens is 2. The van der Waals surface area contributed by atoms with Gasteiger partial charge in [0.05, 0.1) is 6.20 Å². The molecular formula is C11H22IN5S. The molecule has 7 heteroatoms. The van der Waals surface area contributed by atoms with E-state index < -0.39 is 0 Å². The summed E-state index contributed by atoms with van der Waals surface area (Å²) >= 11 is 1.82. The van der Waals surface area contributed by atoms with Gasteiger partial charge in [0.25, 0.3) is 0 Å². The quantitative estimate of drug-likeness (QED) is 0.335. The van der Waals surface area contributed by atoms with Crippen LogP contribution in [-0.4, -0.2) is 47.9 Å². The van der Waals surface area contributed by atoms with E-state index in [0.717, 1.165) is 31.2 Å². The van der Waals surface area contributed by atoms with Gasteiger partial charge >= 0.3 is 0 Å². The molecule has 0 aliphatic rings. The van der Waals surface area contributed by atoms with Crippen LogP contribution in [0.2, 0.25) is 0 Å². The molecule has 0 fully saturated rings. The van der Waals surface area contributed by atoms with E-state index in [0.29, 0.717) is 0 Å². The molecule has 0 radical (unpaired) electrons. The lowest BCUT2D eigenvalue weighted by molar-refractivity contribution is 0.765. The number of aryl methyl sites for hydroxylation is 1. The lowest BCUT2D eigenvalue weighted by Crippen LogP contribution is -2.39. The first-order valence-electron chi connectivity index (χ1n) is 5.67. The molecule has 1 heterocycles. The number of nitrogens with one attached hydrogen (secondary N) is 2. The molecule has 0 atom stereocenters. The standard InChI is InChI=1S/C11H21N5S.HI/c1-12-11(14-6-7-17-3)13-5-4-10-8-15-16(2)9-10;/h8-9H,4-7H2,1-3H3,(H2,12,13,14);1H. The number of hydrogen-bond donors (Lipinski definition) is 2. The SMILES string of the molecule is CN=C(NCCSC)NCCc1cnn(C)c1.I. The van der Waals surface area contributed by atoms with Crippen molar-refractivity contribution in [3.05, 3.63) is 18.0 Å². The predicted molar refractivity (Wildman–Crippen MR) is 90.1 cm³/mol. The highest BCUT2D eigenvalue weighted by Crippen LogP contribution is 1.95. The van der Waals surface area contributed by atoms with Gasteiger partial charge in [0.1, 0.15) is 0 Å². The number of aliphatic imine (C=N–C) groups is 1. The van der Waals surface area contributed by atoms with Gasteiger partial charge in [-0.2, -0.15) is 16.9 Å². The summed E-state index contributed by atoms with van der Waals surface area (Å²) in [5.41, 5.74) is 1.24. The fourth-order valence-corrected chi connectivity index (χ4v) is 1.72. The Kier molecular flexibility index (Phi) is 10.2. The van der Waals surface area contributed by atoms with E-state index in [1.54, 1.807) is 7.05 Å². The monoisotopic (exact) mass is 383 g/mol. The Hall–Kier alpha value is -0.440. The molecule has 0 aliphatic heterocycles. The van der Waals surface area contributed by atoms with Crippen LogP contribution in [0.25, 0.3) is 0 Å². The minimum absolute atomic E-state index is 0. The molecule has 1 rings (SSSR count). The second-order valence-electron chi connectivity index (χ2n) is 3.69. The molecule has 0 saturated heterocycles. The van der Waals surface area contributed by atoms with E-state index in [4.69, 9.17) is 0 Å². The third kappa shape index (κ3) is 7.10. The topological polar surface area (TPSA) is 54.2 Å². The summed E-state index contributed by atoms with van der Waals surface area (Å²) < 4.78 is 1.82. The zero-order chi connectivity index (χ0) is 12.5. The van der Waals surface area contributed by atoms with Gasteiger partial charge in [-0.15, -0.1) is 24.0 Å². The molecule has 0 aromatic carbocycles. The second kappa shape index (κ2) is 10.5. The third-order valence-electron chi connectivity index (χ3n) is 2.29. The van der Waals surface area contributed by atoms with Gasteiger partial charge in [-0.1, -0.05) is 0 Å². The van der Waals surface area contributed by atoms with Gasteiger partial charge in [0, 0.05) is 39.1 Å². The number of halogens is 1. The normalized spacial score (nSPS) is 10.9. The molecule has 1 aromatic rings. The smallest absolute Gasteiger partial charge is 0.191 e.